The van der Waals surface area contributed by atoms with Crippen LogP contribution in [0.4, 0.5) is 5.82 Å². The zero-order chi connectivity index (χ0) is 23.3. The van der Waals surface area contributed by atoms with E-state index in [1.165, 1.54) is 0 Å². The van der Waals surface area contributed by atoms with Crippen molar-refractivity contribution in [3.05, 3.63) is 102 Å². The number of anilines is 1. The molecule has 0 aliphatic rings. The van der Waals surface area contributed by atoms with Gasteiger partial charge in [-0.05, 0) is 53.9 Å². The highest BCUT2D eigenvalue weighted by Gasteiger charge is 2.17. The van der Waals surface area contributed by atoms with Crippen LogP contribution in [0.2, 0.25) is 5.02 Å². The number of ether oxygens (including phenoxy) is 1. The fourth-order valence-corrected chi connectivity index (χ4v) is 4.20. The van der Waals surface area contributed by atoms with Crippen molar-refractivity contribution in [3.8, 4) is 22.6 Å². The maximum absolute atomic E-state index is 6.17. The van der Waals surface area contributed by atoms with Gasteiger partial charge in [0.25, 0.3) is 0 Å². The topological polar surface area (TPSA) is 52.0 Å². The fourth-order valence-electron chi connectivity index (χ4n) is 3.98. The highest BCUT2D eigenvalue weighted by molar-refractivity contribution is 6.30. The first-order valence-corrected chi connectivity index (χ1v) is 11.7. The molecule has 0 amide bonds. The summed E-state index contributed by atoms with van der Waals surface area (Å²) in [6.45, 7) is 3.41. The average molecular weight is 469 g/mol. The standard InChI is InChI=1S/C28H25ClN4O/c1-2-15-34-24-13-11-23(12-14-24)33-18-25(21-8-4-3-5-9-21)26-27(31-19-32-28(26)33)30-17-20-7-6-10-22(29)16-20/h3-14,16,18-19H,2,15,17H2,1H3,(H,30,31,32). The van der Waals surface area contributed by atoms with Crippen molar-refractivity contribution in [2.45, 2.75) is 19.9 Å². The Balaban J connectivity index is 1.58. The Bertz CT molecular complexity index is 1400. The van der Waals surface area contributed by atoms with Gasteiger partial charge in [-0.3, -0.25) is 0 Å². The minimum Gasteiger partial charge on any atom is -0.494 e. The molecule has 0 atom stereocenters. The molecule has 0 spiro atoms. The van der Waals surface area contributed by atoms with Gasteiger partial charge in [0, 0.05) is 29.0 Å². The lowest BCUT2D eigenvalue weighted by molar-refractivity contribution is 0.317. The molecule has 0 aliphatic heterocycles. The van der Waals surface area contributed by atoms with E-state index in [9.17, 15) is 0 Å². The number of aromatic nitrogens is 3. The van der Waals surface area contributed by atoms with Crippen LogP contribution in [-0.4, -0.2) is 21.1 Å². The molecular formula is C28H25ClN4O. The van der Waals surface area contributed by atoms with Gasteiger partial charge in [0.2, 0.25) is 0 Å². The Morgan fingerprint density at radius 3 is 2.53 bits per heavy atom. The highest BCUT2D eigenvalue weighted by Crippen LogP contribution is 2.35. The lowest BCUT2D eigenvalue weighted by Crippen LogP contribution is -2.03. The Kier molecular flexibility index (Phi) is 6.45. The van der Waals surface area contributed by atoms with E-state index in [0.29, 0.717) is 13.2 Å². The molecule has 5 rings (SSSR count). The molecule has 0 saturated carbocycles. The molecule has 0 bridgehead atoms. The average Bonchev–Trinajstić information content (AvgIpc) is 3.27. The molecule has 6 heteroatoms. The Labute approximate surface area is 204 Å². The van der Waals surface area contributed by atoms with Gasteiger partial charge in [0.15, 0.2) is 5.65 Å². The first-order chi connectivity index (χ1) is 16.7. The normalized spacial score (nSPS) is 11.0. The number of hydrogen-bond donors (Lipinski definition) is 1. The summed E-state index contributed by atoms with van der Waals surface area (Å²) in [5, 5.41) is 5.19. The van der Waals surface area contributed by atoms with Gasteiger partial charge >= 0.3 is 0 Å². The number of nitrogens with one attached hydrogen (secondary N) is 1. The quantitative estimate of drug-likeness (QED) is 0.263. The van der Waals surface area contributed by atoms with Crippen molar-refractivity contribution in [3.63, 3.8) is 0 Å². The van der Waals surface area contributed by atoms with Gasteiger partial charge in [0.05, 0.1) is 12.0 Å². The number of benzene rings is 3. The van der Waals surface area contributed by atoms with E-state index < -0.39 is 0 Å². The van der Waals surface area contributed by atoms with Crippen molar-refractivity contribution >= 4 is 28.5 Å². The van der Waals surface area contributed by atoms with Crippen molar-refractivity contribution < 1.29 is 4.74 Å². The second-order valence-corrected chi connectivity index (χ2v) is 8.46. The van der Waals surface area contributed by atoms with E-state index in [0.717, 1.165) is 56.4 Å². The van der Waals surface area contributed by atoms with Crippen LogP contribution in [0.5, 0.6) is 5.75 Å². The van der Waals surface area contributed by atoms with Crippen LogP contribution in [0.1, 0.15) is 18.9 Å². The number of hydrogen-bond acceptors (Lipinski definition) is 4. The summed E-state index contributed by atoms with van der Waals surface area (Å²) in [7, 11) is 0. The van der Waals surface area contributed by atoms with Crippen LogP contribution >= 0.6 is 11.6 Å². The third-order valence-electron chi connectivity index (χ3n) is 5.60. The molecule has 5 nitrogen and oxygen atoms in total. The minimum absolute atomic E-state index is 0.607. The van der Waals surface area contributed by atoms with Crippen LogP contribution in [-0.2, 0) is 6.54 Å². The van der Waals surface area contributed by atoms with Crippen LogP contribution in [0.15, 0.2) is 91.4 Å². The Morgan fingerprint density at radius 2 is 1.76 bits per heavy atom. The first-order valence-electron chi connectivity index (χ1n) is 11.4. The molecule has 2 heterocycles. The third-order valence-corrected chi connectivity index (χ3v) is 5.84. The summed E-state index contributed by atoms with van der Waals surface area (Å²) in [5.41, 5.74) is 5.11. The number of rotatable bonds is 8. The summed E-state index contributed by atoms with van der Waals surface area (Å²) in [6, 6.07) is 26.3. The monoisotopic (exact) mass is 468 g/mol. The Hall–Kier alpha value is -3.83. The summed E-state index contributed by atoms with van der Waals surface area (Å²) in [4.78, 5) is 9.26. The zero-order valence-corrected chi connectivity index (χ0v) is 19.7. The summed E-state index contributed by atoms with van der Waals surface area (Å²) >= 11 is 6.17. The molecule has 0 saturated heterocycles. The van der Waals surface area contributed by atoms with Crippen LogP contribution in [0, 0.1) is 0 Å². The fraction of sp³-hybridized carbons (Fsp3) is 0.143. The van der Waals surface area contributed by atoms with Crippen LogP contribution in [0.25, 0.3) is 27.8 Å². The Morgan fingerprint density at radius 1 is 0.941 bits per heavy atom. The minimum atomic E-state index is 0.607. The molecule has 1 N–H and O–H groups in total. The van der Waals surface area contributed by atoms with Gasteiger partial charge in [0.1, 0.15) is 17.9 Å². The lowest BCUT2D eigenvalue weighted by atomic mass is 10.1. The number of fused-ring (bicyclic) bond motifs is 1. The van der Waals surface area contributed by atoms with Crippen molar-refractivity contribution in [1.29, 1.82) is 0 Å². The highest BCUT2D eigenvalue weighted by atomic mass is 35.5. The first kappa shape index (κ1) is 22.0. The van der Waals surface area contributed by atoms with E-state index in [1.807, 2.05) is 54.6 Å². The SMILES string of the molecule is CCCOc1ccc(-n2cc(-c3ccccc3)c3c(NCc4cccc(Cl)c4)ncnc32)cc1. The summed E-state index contributed by atoms with van der Waals surface area (Å²) in [5.74, 6) is 1.65. The van der Waals surface area contributed by atoms with E-state index in [-0.39, 0.29) is 0 Å². The largest absolute Gasteiger partial charge is 0.494 e. The van der Waals surface area contributed by atoms with Crippen LogP contribution < -0.4 is 10.1 Å². The van der Waals surface area contributed by atoms with E-state index in [1.54, 1.807) is 6.33 Å². The molecule has 0 aliphatic carbocycles. The smallest absolute Gasteiger partial charge is 0.150 e. The molecule has 0 fully saturated rings. The molecule has 34 heavy (non-hydrogen) atoms. The molecule has 5 aromatic rings. The molecular weight excluding hydrogens is 444 g/mol. The second kappa shape index (κ2) is 9.98. The number of halogens is 1. The van der Waals surface area contributed by atoms with Gasteiger partial charge in [-0.2, -0.15) is 0 Å². The molecule has 0 unspecified atom stereocenters. The van der Waals surface area contributed by atoms with Gasteiger partial charge in [-0.1, -0.05) is 61.0 Å². The van der Waals surface area contributed by atoms with Gasteiger partial charge in [-0.15, -0.1) is 0 Å². The summed E-state index contributed by atoms with van der Waals surface area (Å²) in [6.07, 6.45) is 4.71. The van der Waals surface area contributed by atoms with Crippen molar-refractivity contribution in [1.82, 2.24) is 14.5 Å². The van der Waals surface area contributed by atoms with Crippen molar-refractivity contribution in [2.24, 2.45) is 0 Å². The number of nitrogens with zero attached hydrogens (tertiary/aromatic N) is 3. The van der Waals surface area contributed by atoms with Gasteiger partial charge < -0.3 is 14.6 Å². The molecule has 3 aromatic carbocycles. The predicted molar refractivity (Wildman–Crippen MR) is 139 cm³/mol. The predicted octanol–water partition coefficient (Wildman–Crippen LogP) is 7.14. The van der Waals surface area contributed by atoms with Crippen LogP contribution in [0.3, 0.4) is 0 Å². The second-order valence-electron chi connectivity index (χ2n) is 8.03. The zero-order valence-electron chi connectivity index (χ0n) is 18.9. The van der Waals surface area contributed by atoms with E-state index >= 15 is 0 Å². The van der Waals surface area contributed by atoms with Crippen molar-refractivity contribution in [2.75, 3.05) is 11.9 Å². The third kappa shape index (κ3) is 4.61. The maximum Gasteiger partial charge on any atom is 0.150 e. The summed E-state index contributed by atoms with van der Waals surface area (Å²) < 4.78 is 7.86. The molecule has 2 aromatic heterocycles. The van der Waals surface area contributed by atoms with E-state index in [4.69, 9.17) is 16.3 Å². The maximum atomic E-state index is 6.17. The van der Waals surface area contributed by atoms with E-state index in [2.05, 4.69) is 57.2 Å². The molecule has 0 radical (unpaired) electrons. The molecule has 170 valence electrons. The van der Waals surface area contributed by atoms with Gasteiger partial charge in [-0.25, -0.2) is 9.97 Å². The lowest BCUT2D eigenvalue weighted by Gasteiger charge is -2.10.